The third-order valence-electron chi connectivity index (χ3n) is 13.6. The van der Waals surface area contributed by atoms with Gasteiger partial charge in [0.15, 0.2) is 6.10 Å². The number of carbonyl (C=O) groups is 1. The average Bonchev–Trinajstić information content (AvgIpc) is 3.78. The largest absolute Gasteiger partial charge is 0.456 e. The van der Waals surface area contributed by atoms with E-state index in [1.807, 2.05) is 0 Å². The van der Waals surface area contributed by atoms with E-state index in [1.165, 1.54) is 12.8 Å². The summed E-state index contributed by atoms with van der Waals surface area (Å²) in [6, 6.07) is 0. The number of fused-ring (bicyclic) bond motifs is 1. The Morgan fingerprint density at radius 1 is 0.925 bits per heavy atom. The Bertz CT molecular complexity index is 995. The van der Waals surface area contributed by atoms with Crippen molar-refractivity contribution >= 4 is 5.97 Å². The number of carbonyl (C=O) groups excluding carboxylic acids is 1. The van der Waals surface area contributed by atoms with E-state index in [-0.39, 0.29) is 46.3 Å². The number of aliphatic hydroxyl groups excluding tert-OH is 2. The monoisotopic (exact) mass is 560 g/mol. The molecule has 1 aliphatic heterocycles. The van der Waals surface area contributed by atoms with E-state index in [4.69, 9.17) is 9.47 Å². The lowest BCUT2D eigenvalue weighted by Crippen LogP contribution is -2.59. The number of esters is 1. The first-order chi connectivity index (χ1) is 18.6. The molecule has 6 fully saturated rings. The van der Waals surface area contributed by atoms with Crippen molar-refractivity contribution in [2.75, 3.05) is 0 Å². The minimum Gasteiger partial charge on any atom is -0.456 e. The van der Waals surface area contributed by atoms with E-state index in [0.717, 1.165) is 51.4 Å². The first-order valence-corrected chi connectivity index (χ1v) is 16.5. The Kier molecular flexibility index (Phi) is 6.91. The van der Waals surface area contributed by atoms with Gasteiger partial charge in [-0.3, -0.25) is 4.79 Å². The Morgan fingerprint density at radius 2 is 1.55 bits per heavy atom. The number of aliphatic hydroxyl groups is 3. The molecule has 1 saturated heterocycles. The lowest BCUT2D eigenvalue weighted by Gasteiger charge is -2.57. The molecule has 0 radical (unpaired) electrons. The Hall–Kier alpha value is -0.690. The highest BCUT2D eigenvalue weighted by Crippen LogP contribution is 2.85. The molecule has 6 aliphatic rings. The van der Waals surface area contributed by atoms with Crippen molar-refractivity contribution in [1.29, 1.82) is 0 Å². The maximum Gasteiger partial charge on any atom is 0.309 e. The van der Waals surface area contributed by atoms with Gasteiger partial charge in [-0.25, -0.2) is 0 Å². The van der Waals surface area contributed by atoms with Crippen LogP contribution in [0.25, 0.3) is 0 Å². The molecule has 1 heterocycles. The number of ether oxygens (including phenoxy) is 2. The second-order valence-electron chi connectivity index (χ2n) is 17.0. The topological polar surface area (TPSA) is 96.2 Å². The summed E-state index contributed by atoms with van der Waals surface area (Å²) >= 11 is 0. The molecule has 0 aromatic carbocycles. The van der Waals surface area contributed by atoms with Crippen LogP contribution in [-0.2, 0) is 14.3 Å². The molecule has 6 heteroatoms. The molecule has 6 rings (SSSR count). The van der Waals surface area contributed by atoms with Crippen LogP contribution in [0.5, 0.6) is 0 Å². The van der Waals surface area contributed by atoms with Crippen molar-refractivity contribution in [2.24, 2.45) is 51.2 Å². The average molecular weight is 561 g/mol. The van der Waals surface area contributed by atoms with E-state index in [2.05, 4.69) is 34.6 Å². The molecule has 2 spiro atoms. The van der Waals surface area contributed by atoms with Gasteiger partial charge in [-0.2, -0.15) is 0 Å². The molecule has 0 amide bonds. The van der Waals surface area contributed by atoms with Gasteiger partial charge in [0.2, 0.25) is 0 Å². The van der Waals surface area contributed by atoms with Gasteiger partial charge in [0.05, 0.1) is 35.9 Å². The van der Waals surface area contributed by atoms with Crippen LogP contribution in [-0.4, -0.2) is 57.4 Å². The van der Waals surface area contributed by atoms with E-state index in [1.54, 1.807) is 13.8 Å². The first-order valence-electron chi connectivity index (χ1n) is 16.5. The van der Waals surface area contributed by atoms with Crippen LogP contribution in [0.4, 0.5) is 0 Å². The summed E-state index contributed by atoms with van der Waals surface area (Å²) in [4.78, 5) is 12.7. The van der Waals surface area contributed by atoms with Gasteiger partial charge in [0.25, 0.3) is 0 Å². The van der Waals surface area contributed by atoms with Crippen LogP contribution in [0.15, 0.2) is 0 Å². The third kappa shape index (κ3) is 4.27. The van der Waals surface area contributed by atoms with Crippen molar-refractivity contribution in [1.82, 2.24) is 0 Å². The third-order valence-corrected chi connectivity index (χ3v) is 13.6. The van der Waals surface area contributed by atoms with Crippen molar-refractivity contribution in [2.45, 2.75) is 155 Å². The molecule has 40 heavy (non-hydrogen) atoms. The van der Waals surface area contributed by atoms with Gasteiger partial charge >= 0.3 is 5.97 Å². The highest BCUT2D eigenvalue weighted by molar-refractivity contribution is 5.75. The first kappa shape index (κ1) is 29.4. The second kappa shape index (κ2) is 9.40. The maximum absolute atomic E-state index is 12.7. The quantitative estimate of drug-likeness (QED) is 0.385. The van der Waals surface area contributed by atoms with Crippen LogP contribution in [0, 0.1) is 51.2 Å². The summed E-state index contributed by atoms with van der Waals surface area (Å²) in [5.41, 5.74) is -1.09. The maximum atomic E-state index is 12.7. The molecule has 0 aromatic heterocycles. The Balaban J connectivity index is 1.30. The van der Waals surface area contributed by atoms with Crippen LogP contribution in [0.1, 0.15) is 119 Å². The summed E-state index contributed by atoms with van der Waals surface area (Å²) in [6.07, 6.45) is 8.88. The highest BCUT2D eigenvalue weighted by Gasteiger charge is 2.79. The summed E-state index contributed by atoms with van der Waals surface area (Å²) in [5.74, 6) is 1.22. The molecule has 5 saturated carbocycles. The minimum atomic E-state index is -1.23. The van der Waals surface area contributed by atoms with E-state index in [9.17, 15) is 20.1 Å². The molecule has 228 valence electrons. The van der Waals surface area contributed by atoms with Gasteiger partial charge in [-0.15, -0.1) is 0 Å². The van der Waals surface area contributed by atoms with Crippen molar-refractivity contribution < 1.29 is 29.6 Å². The molecular formula is C34H56O6. The standard InChI is InChI=1S/C34H56O6/c1-19-17-22(28(32(6,7)38)40-29(37)20-10-11-20)39-26-21(19)9-8-15-33-18-34(33)16-14-25(35)30(2,3)23(34)12-13-24(33)31(4,5)27(26)36/h19-28,35-36,38H,8-18H2,1-7H3. The molecule has 5 aliphatic carbocycles. The normalized spacial score (nSPS) is 48.5. The summed E-state index contributed by atoms with van der Waals surface area (Å²) < 4.78 is 12.8. The zero-order chi connectivity index (χ0) is 29.0. The van der Waals surface area contributed by atoms with Crippen molar-refractivity contribution in [3.8, 4) is 0 Å². The summed E-state index contributed by atoms with van der Waals surface area (Å²) in [5, 5.41) is 34.4. The fourth-order valence-electron chi connectivity index (χ4n) is 11.2. The number of hydrogen-bond acceptors (Lipinski definition) is 6. The predicted octanol–water partition coefficient (Wildman–Crippen LogP) is 5.64. The lowest BCUT2D eigenvalue weighted by atomic mass is 9.48. The van der Waals surface area contributed by atoms with Crippen molar-refractivity contribution in [3.63, 3.8) is 0 Å². The smallest absolute Gasteiger partial charge is 0.309 e. The SMILES string of the molecule is CC1CC(C(OC(=O)C2CC2)C(C)(C)O)OC2C1CCCC13CC14CCC(O)C(C)(C)C4CCC3C(C)(C)C2O. The van der Waals surface area contributed by atoms with Gasteiger partial charge in [-0.05, 0) is 123 Å². The van der Waals surface area contributed by atoms with Crippen LogP contribution >= 0.6 is 0 Å². The molecule has 11 atom stereocenters. The zero-order valence-corrected chi connectivity index (χ0v) is 26.1. The molecule has 11 unspecified atom stereocenters. The van der Waals surface area contributed by atoms with Gasteiger partial charge in [-0.1, -0.05) is 41.0 Å². The molecular weight excluding hydrogens is 504 g/mol. The van der Waals surface area contributed by atoms with Crippen LogP contribution in [0.2, 0.25) is 0 Å². The minimum absolute atomic E-state index is 0.0453. The molecule has 6 nitrogen and oxygen atoms in total. The van der Waals surface area contributed by atoms with Crippen LogP contribution in [0.3, 0.4) is 0 Å². The highest BCUT2D eigenvalue weighted by atomic mass is 16.6. The number of rotatable bonds is 4. The molecule has 0 aromatic rings. The zero-order valence-electron chi connectivity index (χ0n) is 26.1. The van der Waals surface area contributed by atoms with Gasteiger partial charge in [0, 0.05) is 0 Å². The van der Waals surface area contributed by atoms with E-state index in [0.29, 0.717) is 29.6 Å². The molecule has 3 N–H and O–H groups in total. The van der Waals surface area contributed by atoms with Crippen molar-refractivity contribution in [3.05, 3.63) is 0 Å². The summed E-state index contributed by atoms with van der Waals surface area (Å²) in [7, 11) is 0. The Labute approximate surface area is 242 Å². The van der Waals surface area contributed by atoms with Crippen LogP contribution < -0.4 is 0 Å². The lowest BCUT2D eigenvalue weighted by molar-refractivity contribution is -0.237. The predicted molar refractivity (Wildman–Crippen MR) is 153 cm³/mol. The molecule has 0 bridgehead atoms. The van der Waals surface area contributed by atoms with Gasteiger partial charge in [0.1, 0.15) is 0 Å². The van der Waals surface area contributed by atoms with Gasteiger partial charge < -0.3 is 24.8 Å². The fourth-order valence-corrected chi connectivity index (χ4v) is 11.2. The number of hydrogen-bond donors (Lipinski definition) is 3. The summed E-state index contributed by atoms with van der Waals surface area (Å²) in [6.45, 7) is 14.8. The fraction of sp³-hybridized carbons (Fsp3) is 0.971. The van der Waals surface area contributed by atoms with E-state index >= 15 is 0 Å². The Morgan fingerprint density at radius 3 is 2.17 bits per heavy atom. The second-order valence-corrected chi connectivity index (χ2v) is 17.0. The van der Waals surface area contributed by atoms with E-state index < -0.39 is 23.9 Å².